The fraction of sp³-hybridized carbons (Fsp3) is 0.167. The molecule has 5 rings (SSSR count). The number of hydrogen-bond donors (Lipinski definition) is 2. The minimum Gasteiger partial charge on any atom is -0.378 e. The predicted octanol–water partition coefficient (Wildman–Crippen LogP) is 4.59. The van der Waals surface area contributed by atoms with E-state index in [9.17, 15) is 0 Å². The van der Waals surface area contributed by atoms with Crippen molar-refractivity contribution in [3.8, 4) is 5.69 Å². The highest BCUT2D eigenvalue weighted by Gasteiger charge is 2.11. The zero-order chi connectivity index (χ0) is 20.9. The van der Waals surface area contributed by atoms with Crippen LogP contribution < -0.4 is 15.5 Å². The van der Waals surface area contributed by atoms with Gasteiger partial charge in [-0.15, -0.1) is 0 Å². The van der Waals surface area contributed by atoms with E-state index in [2.05, 4.69) is 49.9 Å². The maximum Gasteiger partial charge on any atom is 0.134 e. The van der Waals surface area contributed by atoms with Crippen LogP contribution in [0.3, 0.4) is 0 Å². The summed E-state index contributed by atoms with van der Waals surface area (Å²) in [5, 5.41) is 11.3. The molecule has 1 aliphatic rings. The molecule has 0 saturated carbocycles. The van der Waals surface area contributed by atoms with Crippen LogP contribution in [0.4, 0.5) is 28.7 Å². The Morgan fingerprint density at radius 3 is 2.32 bits per heavy atom. The molecule has 3 heterocycles. The lowest BCUT2D eigenvalue weighted by Crippen LogP contribution is -2.36. The van der Waals surface area contributed by atoms with Crippen LogP contribution in [0, 0.1) is 0 Å². The average Bonchev–Trinajstić information content (AvgIpc) is 3.29. The van der Waals surface area contributed by atoms with Crippen molar-refractivity contribution >= 4 is 28.7 Å². The summed E-state index contributed by atoms with van der Waals surface area (Å²) in [6, 6.07) is 24.3. The van der Waals surface area contributed by atoms with Crippen LogP contribution >= 0.6 is 0 Å². The van der Waals surface area contributed by atoms with E-state index in [0.29, 0.717) is 0 Å². The van der Waals surface area contributed by atoms with Crippen molar-refractivity contribution in [1.82, 2.24) is 14.8 Å². The quantitative estimate of drug-likeness (QED) is 0.483. The number of nitrogens with one attached hydrogen (secondary N) is 2. The van der Waals surface area contributed by atoms with E-state index in [1.165, 1.54) is 5.69 Å². The highest BCUT2D eigenvalue weighted by atomic mass is 16.5. The van der Waals surface area contributed by atoms with Crippen LogP contribution in [-0.2, 0) is 4.74 Å². The molecule has 156 valence electrons. The van der Waals surface area contributed by atoms with Crippen LogP contribution in [0.5, 0.6) is 0 Å². The first-order valence-electron chi connectivity index (χ1n) is 10.4. The third-order valence-electron chi connectivity index (χ3n) is 5.19. The molecule has 7 heteroatoms. The van der Waals surface area contributed by atoms with Gasteiger partial charge in [0.2, 0.25) is 0 Å². The Labute approximate surface area is 181 Å². The van der Waals surface area contributed by atoms with Crippen molar-refractivity contribution in [2.24, 2.45) is 0 Å². The topological polar surface area (TPSA) is 67.2 Å². The summed E-state index contributed by atoms with van der Waals surface area (Å²) in [5.74, 6) is 1.65. The first-order chi connectivity index (χ1) is 15.3. The summed E-state index contributed by atoms with van der Waals surface area (Å²) in [5.41, 5.74) is 4.14. The number of anilines is 5. The molecule has 7 nitrogen and oxygen atoms in total. The van der Waals surface area contributed by atoms with Gasteiger partial charge in [-0.2, -0.15) is 5.10 Å². The molecule has 1 aliphatic heterocycles. The summed E-state index contributed by atoms with van der Waals surface area (Å²) in [6.45, 7) is 3.43. The van der Waals surface area contributed by atoms with Gasteiger partial charge in [0, 0.05) is 48.5 Å². The molecule has 1 saturated heterocycles. The number of benzene rings is 2. The highest BCUT2D eigenvalue weighted by Crippen LogP contribution is 2.24. The number of rotatable bonds is 6. The smallest absolute Gasteiger partial charge is 0.134 e. The van der Waals surface area contributed by atoms with Gasteiger partial charge in [0.1, 0.15) is 11.6 Å². The number of nitrogens with zero attached hydrogens (tertiary/aromatic N) is 4. The van der Waals surface area contributed by atoms with Gasteiger partial charge in [0.05, 0.1) is 25.1 Å². The molecule has 1 fully saturated rings. The Balaban J connectivity index is 1.31. The number of ether oxygens (including phenoxy) is 1. The second kappa shape index (κ2) is 8.89. The van der Waals surface area contributed by atoms with Gasteiger partial charge in [-0.05, 0) is 42.5 Å². The number of morpholine rings is 1. The molecule has 0 bridgehead atoms. The third-order valence-corrected chi connectivity index (χ3v) is 5.19. The lowest BCUT2D eigenvalue weighted by molar-refractivity contribution is 0.122. The monoisotopic (exact) mass is 412 g/mol. The highest BCUT2D eigenvalue weighted by molar-refractivity contribution is 5.63. The van der Waals surface area contributed by atoms with Crippen LogP contribution in [0.1, 0.15) is 0 Å². The Bertz CT molecular complexity index is 1120. The van der Waals surface area contributed by atoms with Crippen LogP contribution in [0.25, 0.3) is 5.69 Å². The summed E-state index contributed by atoms with van der Waals surface area (Å²) in [4.78, 5) is 6.81. The Kier molecular flexibility index (Phi) is 5.49. The maximum absolute atomic E-state index is 5.43. The first-order valence-corrected chi connectivity index (χ1v) is 10.4. The Morgan fingerprint density at radius 1 is 0.742 bits per heavy atom. The summed E-state index contributed by atoms with van der Waals surface area (Å²) in [6.07, 6.45) is 3.57. The van der Waals surface area contributed by atoms with Gasteiger partial charge < -0.3 is 20.3 Å². The number of para-hydroxylation sites is 1. The molecular weight excluding hydrogens is 388 g/mol. The summed E-state index contributed by atoms with van der Waals surface area (Å²) >= 11 is 0. The number of hydrogen-bond acceptors (Lipinski definition) is 6. The summed E-state index contributed by atoms with van der Waals surface area (Å²) in [7, 11) is 0. The normalized spacial score (nSPS) is 13.7. The lowest BCUT2D eigenvalue weighted by Gasteiger charge is -2.28. The SMILES string of the molecule is c1ccc(Nc2ccnn2-c2ccnc(Nc3ccc(N4CCOCC4)cc3)c2)cc1. The lowest BCUT2D eigenvalue weighted by atomic mass is 10.2. The van der Waals surface area contributed by atoms with Gasteiger partial charge in [-0.3, -0.25) is 0 Å². The molecule has 2 N–H and O–H groups in total. The van der Waals surface area contributed by atoms with E-state index in [1.54, 1.807) is 12.4 Å². The Morgan fingerprint density at radius 2 is 1.52 bits per heavy atom. The second-order valence-corrected chi connectivity index (χ2v) is 7.29. The van der Waals surface area contributed by atoms with E-state index < -0.39 is 0 Å². The number of aromatic nitrogens is 3. The standard InChI is InChI=1S/C24H24N6O/c1-2-4-19(5-3-1)28-24-11-13-26-30(24)22-10-12-25-23(18-22)27-20-6-8-21(9-7-20)29-14-16-31-17-15-29/h1-13,18,28H,14-17H2,(H,25,27). The van der Waals surface area contributed by atoms with Gasteiger partial charge >= 0.3 is 0 Å². The Hall–Kier alpha value is -3.84. The molecule has 0 aliphatic carbocycles. The molecule has 0 atom stereocenters. The second-order valence-electron chi connectivity index (χ2n) is 7.29. The van der Waals surface area contributed by atoms with Crippen LogP contribution in [-0.4, -0.2) is 41.1 Å². The van der Waals surface area contributed by atoms with Gasteiger partial charge in [0.15, 0.2) is 0 Å². The zero-order valence-electron chi connectivity index (χ0n) is 17.1. The van der Waals surface area contributed by atoms with E-state index in [0.717, 1.165) is 55.0 Å². The van der Waals surface area contributed by atoms with Crippen molar-refractivity contribution in [2.45, 2.75) is 0 Å². The third kappa shape index (κ3) is 4.51. The van der Waals surface area contributed by atoms with Crippen molar-refractivity contribution in [3.63, 3.8) is 0 Å². The molecule has 4 aromatic rings. The molecule has 0 unspecified atom stereocenters. The van der Waals surface area contributed by atoms with E-state index >= 15 is 0 Å². The van der Waals surface area contributed by atoms with E-state index in [1.807, 2.05) is 53.2 Å². The largest absolute Gasteiger partial charge is 0.378 e. The fourth-order valence-corrected chi connectivity index (χ4v) is 3.62. The van der Waals surface area contributed by atoms with Gasteiger partial charge in [-0.25, -0.2) is 9.67 Å². The minimum atomic E-state index is 0.762. The van der Waals surface area contributed by atoms with Gasteiger partial charge in [0.25, 0.3) is 0 Å². The van der Waals surface area contributed by atoms with Crippen molar-refractivity contribution in [3.05, 3.63) is 85.2 Å². The van der Waals surface area contributed by atoms with Crippen molar-refractivity contribution < 1.29 is 4.74 Å². The molecule has 0 amide bonds. The van der Waals surface area contributed by atoms with Crippen LogP contribution in [0.2, 0.25) is 0 Å². The minimum absolute atomic E-state index is 0.762. The summed E-state index contributed by atoms with van der Waals surface area (Å²) < 4.78 is 7.30. The maximum atomic E-state index is 5.43. The van der Waals surface area contributed by atoms with Crippen LogP contribution in [0.15, 0.2) is 85.2 Å². The molecule has 2 aromatic heterocycles. The molecule has 0 radical (unpaired) electrons. The molecule has 2 aromatic carbocycles. The predicted molar refractivity (Wildman–Crippen MR) is 124 cm³/mol. The van der Waals surface area contributed by atoms with E-state index in [-0.39, 0.29) is 0 Å². The van der Waals surface area contributed by atoms with Crippen molar-refractivity contribution in [1.29, 1.82) is 0 Å². The van der Waals surface area contributed by atoms with E-state index in [4.69, 9.17) is 4.74 Å². The molecule has 31 heavy (non-hydrogen) atoms. The zero-order valence-corrected chi connectivity index (χ0v) is 17.1. The average molecular weight is 412 g/mol. The number of pyridine rings is 1. The first kappa shape index (κ1) is 19.1. The van der Waals surface area contributed by atoms with Crippen molar-refractivity contribution in [2.75, 3.05) is 41.8 Å². The van der Waals surface area contributed by atoms with Gasteiger partial charge in [-0.1, -0.05) is 18.2 Å². The fourth-order valence-electron chi connectivity index (χ4n) is 3.62. The molecule has 0 spiro atoms. The molecular formula is C24H24N6O.